The number of methoxy groups -OCH3 is 1. The summed E-state index contributed by atoms with van der Waals surface area (Å²) in [5.41, 5.74) is 3.94. The summed E-state index contributed by atoms with van der Waals surface area (Å²) in [6.07, 6.45) is 2.47. The molecule has 1 saturated heterocycles. The maximum atomic E-state index is 13.8. The van der Waals surface area contributed by atoms with E-state index in [1.807, 2.05) is 17.0 Å². The molecule has 1 aromatic heterocycles. The maximum absolute atomic E-state index is 13.8. The Bertz CT molecular complexity index is 1170. The molecule has 5 rings (SSSR count). The zero-order chi connectivity index (χ0) is 22.9. The number of benzene rings is 2. The van der Waals surface area contributed by atoms with Crippen LogP contribution in [0.3, 0.4) is 0 Å². The van der Waals surface area contributed by atoms with Gasteiger partial charge in [0, 0.05) is 50.0 Å². The number of ether oxygens (including phenoxy) is 1. The van der Waals surface area contributed by atoms with Gasteiger partial charge in [-0.05, 0) is 49.1 Å². The summed E-state index contributed by atoms with van der Waals surface area (Å²) in [5.74, 6) is -1.06. The number of halogens is 2. The fraction of sp³-hybridized carbons (Fsp3) is 0.360. The summed E-state index contributed by atoms with van der Waals surface area (Å²) >= 11 is 0. The molecule has 3 aromatic rings. The van der Waals surface area contributed by atoms with Gasteiger partial charge in [0.2, 0.25) is 0 Å². The van der Waals surface area contributed by atoms with Crippen molar-refractivity contribution in [3.8, 4) is 11.4 Å². The fourth-order valence-corrected chi connectivity index (χ4v) is 4.69. The lowest BCUT2D eigenvalue weighted by Crippen LogP contribution is -2.48. The highest BCUT2D eigenvalue weighted by Gasteiger charge is 2.31. The topological polar surface area (TPSA) is 50.6 Å². The SMILES string of the molecule is COc1ccc(CN2CCN(C(=O)c3nn(-c4ccc(F)c(F)c4)c4c3CCC4)CC2)cc1. The summed E-state index contributed by atoms with van der Waals surface area (Å²) < 4.78 is 34.0. The molecule has 172 valence electrons. The highest BCUT2D eigenvalue weighted by molar-refractivity contribution is 5.94. The summed E-state index contributed by atoms with van der Waals surface area (Å²) in [6, 6.07) is 11.8. The van der Waals surface area contributed by atoms with Crippen LogP contribution in [0.5, 0.6) is 5.75 Å². The van der Waals surface area contributed by atoms with Crippen LogP contribution in [0, 0.1) is 11.6 Å². The van der Waals surface area contributed by atoms with Crippen LogP contribution in [0.4, 0.5) is 8.78 Å². The monoisotopic (exact) mass is 452 g/mol. The Hall–Kier alpha value is -3.26. The van der Waals surface area contributed by atoms with Crippen LogP contribution in [0.1, 0.15) is 33.7 Å². The van der Waals surface area contributed by atoms with Crippen LogP contribution in [0.2, 0.25) is 0 Å². The van der Waals surface area contributed by atoms with E-state index in [4.69, 9.17) is 4.74 Å². The Labute approximate surface area is 191 Å². The average Bonchev–Trinajstić information content (AvgIpc) is 3.45. The number of aromatic nitrogens is 2. The van der Waals surface area contributed by atoms with Gasteiger partial charge in [0.05, 0.1) is 12.8 Å². The first-order valence-electron chi connectivity index (χ1n) is 11.2. The molecule has 1 aliphatic heterocycles. The van der Waals surface area contributed by atoms with Crippen molar-refractivity contribution in [1.29, 1.82) is 0 Å². The first kappa shape index (κ1) is 21.6. The Morgan fingerprint density at radius 3 is 2.45 bits per heavy atom. The highest BCUT2D eigenvalue weighted by Crippen LogP contribution is 2.29. The minimum absolute atomic E-state index is 0.0846. The Kier molecular flexibility index (Phi) is 5.85. The molecule has 0 bridgehead atoms. The lowest BCUT2D eigenvalue weighted by atomic mass is 10.1. The second-order valence-corrected chi connectivity index (χ2v) is 8.55. The summed E-state index contributed by atoms with van der Waals surface area (Å²) in [7, 11) is 1.65. The van der Waals surface area contributed by atoms with E-state index in [-0.39, 0.29) is 5.91 Å². The zero-order valence-electron chi connectivity index (χ0n) is 18.6. The van der Waals surface area contributed by atoms with Crippen molar-refractivity contribution in [3.63, 3.8) is 0 Å². The first-order valence-corrected chi connectivity index (χ1v) is 11.2. The van der Waals surface area contributed by atoms with E-state index >= 15 is 0 Å². The third-order valence-electron chi connectivity index (χ3n) is 6.51. The lowest BCUT2D eigenvalue weighted by molar-refractivity contribution is 0.0621. The molecule has 33 heavy (non-hydrogen) atoms. The van der Waals surface area contributed by atoms with Crippen LogP contribution in [0.15, 0.2) is 42.5 Å². The number of piperazine rings is 1. The van der Waals surface area contributed by atoms with Crippen LogP contribution >= 0.6 is 0 Å². The number of fused-ring (bicyclic) bond motifs is 1. The number of amides is 1. The van der Waals surface area contributed by atoms with Gasteiger partial charge in [0.15, 0.2) is 17.3 Å². The molecule has 0 N–H and O–H groups in total. The summed E-state index contributed by atoms with van der Waals surface area (Å²) in [5, 5.41) is 4.56. The molecule has 1 fully saturated rings. The van der Waals surface area contributed by atoms with Crippen molar-refractivity contribution in [1.82, 2.24) is 19.6 Å². The molecule has 2 aliphatic rings. The van der Waals surface area contributed by atoms with E-state index in [1.165, 1.54) is 11.6 Å². The number of nitrogens with zero attached hydrogens (tertiary/aromatic N) is 4. The molecular weight excluding hydrogens is 426 g/mol. The highest BCUT2D eigenvalue weighted by atomic mass is 19.2. The molecule has 8 heteroatoms. The molecular formula is C25H26F2N4O2. The van der Waals surface area contributed by atoms with Gasteiger partial charge < -0.3 is 9.64 Å². The molecule has 1 amide bonds. The largest absolute Gasteiger partial charge is 0.497 e. The van der Waals surface area contributed by atoms with Crippen molar-refractivity contribution >= 4 is 5.91 Å². The minimum Gasteiger partial charge on any atom is -0.497 e. The van der Waals surface area contributed by atoms with Gasteiger partial charge in [0.1, 0.15) is 5.75 Å². The second kappa shape index (κ2) is 8.94. The van der Waals surface area contributed by atoms with E-state index in [1.54, 1.807) is 11.8 Å². The van der Waals surface area contributed by atoms with Gasteiger partial charge >= 0.3 is 0 Å². The molecule has 6 nitrogen and oxygen atoms in total. The third-order valence-corrected chi connectivity index (χ3v) is 6.51. The number of hydrogen-bond donors (Lipinski definition) is 0. The molecule has 2 heterocycles. The predicted octanol–water partition coefficient (Wildman–Crippen LogP) is 3.61. The number of hydrogen-bond acceptors (Lipinski definition) is 4. The van der Waals surface area contributed by atoms with Gasteiger partial charge in [-0.1, -0.05) is 12.1 Å². The summed E-state index contributed by atoms with van der Waals surface area (Å²) in [4.78, 5) is 17.5. The van der Waals surface area contributed by atoms with Crippen LogP contribution in [-0.4, -0.2) is 58.8 Å². The Morgan fingerprint density at radius 2 is 1.76 bits per heavy atom. The van der Waals surface area contributed by atoms with Crippen LogP contribution in [0.25, 0.3) is 5.69 Å². The first-order chi connectivity index (χ1) is 16.0. The van der Waals surface area contributed by atoms with E-state index in [2.05, 4.69) is 22.1 Å². The van der Waals surface area contributed by atoms with Crippen LogP contribution < -0.4 is 4.74 Å². The summed E-state index contributed by atoms with van der Waals surface area (Å²) in [6.45, 7) is 3.64. The quantitative estimate of drug-likeness (QED) is 0.594. The number of carbonyl (C=O) groups is 1. The average molecular weight is 453 g/mol. The molecule has 0 saturated carbocycles. The molecule has 0 atom stereocenters. The van der Waals surface area contributed by atoms with Gasteiger partial charge in [-0.3, -0.25) is 9.69 Å². The maximum Gasteiger partial charge on any atom is 0.274 e. The normalized spacial score (nSPS) is 16.2. The number of carbonyl (C=O) groups excluding carboxylic acids is 1. The Morgan fingerprint density at radius 1 is 1.00 bits per heavy atom. The van der Waals surface area contributed by atoms with Crippen molar-refractivity contribution in [2.45, 2.75) is 25.8 Å². The molecule has 1 aliphatic carbocycles. The number of rotatable bonds is 5. The van der Waals surface area contributed by atoms with Crippen molar-refractivity contribution in [2.24, 2.45) is 0 Å². The van der Waals surface area contributed by atoms with E-state index in [9.17, 15) is 13.6 Å². The molecule has 0 radical (unpaired) electrons. The predicted molar refractivity (Wildman–Crippen MR) is 120 cm³/mol. The lowest BCUT2D eigenvalue weighted by Gasteiger charge is -2.34. The standard InChI is InChI=1S/C25H26F2N4O2/c1-33-19-8-5-17(6-9-19)16-29-11-13-30(14-12-29)25(32)24-20-3-2-4-23(20)31(28-24)18-7-10-21(26)22(27)15-18/h5-10,15H,2-4,11-14,16H2,1H3. The zero-order valence-corrected chi connectivity index (χ0v) is 18.6. The van der Waals surface area contributed by atoms with Gasteiger partial charge in [-0.15, -0.1) is 0 Å². The molecule has 0 spiro atoms. The Balaban J connectivity index is 1.29. The van der Waals surface area contributed by atoms with Crippen molar-refractivity contribution in [3.05, 3.63) is 76.6 Å². The minimum atomic E-state index is -0.921. The van der Waals surface area contributed by atoms with Gasteiger partial charge in [0.25, 0.3) is 5.91 Å². The molecule has 2 aromatic carbocycles. The fourth-order valence-electron chi connectivity index (χ4n) is 4.69. The third kappa shape index (κ3) is 4.23. The van der Waals surface area contributed by atoms with Crippen molar-refractivity contribution < 1.29 is 18.3 Å². The molecule has 0 unspecified atom stereocenters. The smallest absolute Gasteiger partial charge is 0.274 e. The van der Waals surface area contributed by atoms with Gasteiger partial charge in [-0.25, -0.2) is 13.5 Å². The van der Waals surface area contributed by atoms with E-state index in [0.29, 0.717) is 24.5 Å². The van der Waals surface area contributed by atoms with E-state index in [0.717, 1.165) is 68.0 Å². The van der Waals surface area contributed by atoms with Crippen molar-refractivity contribution in [2.75, 3.05) is 33.3 Å². The van der Waals surface area contributed by atoms with Crippen LogP contribution in [-0.2, 0) is 19.4 Å². The second-order valence-electron chi connectivity index (χ2n) is 8.55. The van der Waals surface area contributed by atoms with E-state index < -0.39 is 11.6 Å². The van der Waals surface area contributed by atoms with Gasteiger partial charge in [-0.2, -0.15) is 5.10 Å².